The molecule has 2 rings (SSSR count). The van der Waals surface area contributed by atoms with E-state index in [0.29, 0.717) is 19.0 Å². The van der Waals surface area contributed by atoms with Gasteiger partial charge in [0.25, 0.3) is 5.69 Å². The van der Waals surface area contributed by atoms with Gasteiger partial charge in [-0.05, 0) is 30.9 Å². The quantitative estimate of drug-likeness (QED) is 0.592. The Kier molecular flexibility index (Phi) is 4.85. The molecule has 0 aliphatic heterocycles. The second-order valence-corrected chi connectivity index (χ2v) is 7.47. The van der Waals surface area contributed by atoms with Gasteiger partial charge in [0.15, 0.2) is 0 Å². The lowest BCUT2D eigenvalue weighted by Crippen LogP contribution is -2.37. The Hall–Kier alpha value is -1.18. The molecule has 21 heavy (non-hydrogen) atoms. The molecule has 0 atom stereocenters. The fourth-order valence-electron chi connectivity index (χ4n) is 2.30. The minimum Gasteiger partial charge on any atom is -0.258 e. The van der Waals surface area contributed by atoms with Crippen LogP contribution in [-0.4, -0.2) is 30.7 Å². The van der Waals surface area contributed by atoms with Crippen LogP contribution in [0, 0.1) is 16.0 Å². The zero-order valence-electron chi connectivity index (χ0n) is 11.7. The van der Waals surface area contributed by atoms with Crippen LogP contribution in [0.5, 0.6) is 0 Å². The number of rotatable bonds is 6. The lowest BCUT2D eigenvalue weighted by Gasteiger charge is -2.31. The molecule has 0 heterocycles. The Balaban J connectivity index is 2.32. The maximum Gasteiger partial charge on any atom is 0.289 e. The number of nitro groups is 1. The van der Waals surface area contributed by atoms with Gasteiger partial charge in [-0.25, -0.2) is 8.42 Å². The first-order chi connectivity index (χ1) is 9.86. The monoisotopic (exact) mass is 332 g/mol. The van der Waals surface area contributed by atoms with E-state index in [9.17, 15) is 18.5 Å². The predicted molar refractivity (Wildman–Crippen MR) is 79.9 cm³/mol. The average Bonchev–Trinajstić information content (AvgIpc) is 2.37. The van der Waals surface area contributed by atoms with Gasteiger partial charge < -0.3 is 0 Å². The molecule has 6 nitrogen and oxygen atoms in total. The molecule has 8 heteroatoms. The largest absolute Gasteiger partial charge is 0.289 e. The summed E-state index contributed by atoms with van der Waals surface area (Å²) in [7, 11) is -3.72. The molecule has 1 aromatic carbocycles. The highest BCUT2D eigenvalue weighted by molar-refractivity contribution is 7.89. The van der Waals surface area contributed by atoms with Crippen LogP contribution in [-0.2, 0) is 10.0 Å². The van der Waals surface area contributed by atoms with Gasteiger partial charge in [-0.15, -0.1) is 0 Å². The number of nitro benzene ring substituents is 1. The van der Waals surface area contributed by atoms with Crippen molar-refractivity contribution >= 4 is 27.3 Å². The van der Waals surface area contributed by atoms with Gasteiger partial charge in [0, 0.05) is 19.2 Å². The number of nitrogens with zero attached hydrogens (tertiary/aromatic N) is 2. The zero-order valence-corrected chi connectivity index (χ0v) is 13.2. The van der Waals surface area contributed by atoms with Crippen LogP contribution in [0.15, 0.2) is 23.1 Å². The van der Waals surface area contributed by atoms with E-state index in [1.54, 1.807) is 6.92 Å². The first-order valence-electron chi connectivity index (χ1n) is 6.80. The van der Waals surface area contributed by atoms with Crippen LogP contribution in [0.3, 0.4) is 0 Å². The first kappa shape index (κ1) is 16.2. The van der Waals surface area contributed by atoms with Crippen molar-refractivity contribution in [1.82, 2.24) is 4.31 Å². The fraction of sp³-hybridized carbons (Fsp3) is 0.538. The Labute approximate surface area is 128 Å². The van der Waals surface area contributed by atoms with Crippen molar-refractivity contribution < 1.29 is 13.3 Å². The van der Waals surface area contributed by atoms with E-state index >= 15 is 0 Å². The summed E-state index contributed by atoms with van der Waals surface area (Å²) in [4.78, 5) is 10.1. The Morgan fingerprint density at radius 3 is 2.57 bits per heavy atom. The molecular formula is C13H17ClN2O4S. The van der Waals surface area contributed by atoms with Gasteiger partial charge in [-0.2, -0.15) is 4.31 Å². The summed E-state index contributed by atoms with van der Waals surface area (Å²) < 4.78 is 26.5. The molecule has 0 radical (unpaired) electrons. The van der Waals surface area contributed by atoms with E-state index in [-0.39, 0.29) is 9.92 Å². The maximum absolute atomic E-state index is 12.6. The van der Waals surface area contributed by atoms with E-state index in [2.05, 4.69) is 0 Å². The summed E-state index contributed by atoms with van der Waals surface area (Å²) in [5.74, 6) is 0.391. The van der Waals surface area contributed by atoms with Crippen LogP contribution in [0.1, 0.15) is 26.2 Å². The molecule has 116 valence electrons. The standard InChI is InChI=1S/C13H17ClN2O4S/c1-2-15(9-10-4-3-5-10)21(19,20)11-6-7-12(14)13(8-11)16(17)18/h6-8,10H,2-5,9H2,1H3. The lowest BCUT2D eigenvalue weighted by atomic mass is 9.85. The van der Waals surface area contributed by atoms with Gasteiger partial charge >= 0.3 is 0 Å². The van der Waals surface area contributed by atoms with Gasteiger partial charge in [-0.1, -0.05) is 24.9 Å². The molecular weight excluding hydrogens is 316 g/mol. The van der Waals surface area contributed by atoms with Gasteiger partial charge in [-0.3, -0.25) is 10.1 Å². The molecule has 1 aliphatic carbocycles. The van der Waals surface area contributed by atoms with E-state index < -0.39 is 20.6 Å². The molecule has 0 bridgehead atoms. The van der Waals surface area contributed by atoms with Crippen LogP contribution < -0.4 is 0 Å². The highest BCUT2D eigenvalue weighted by Crippen LogP contribution is 2.31. The van der Waals surface area contributed by atoms with E-state index in [4.69, 9.17) is 11.6 Å². The van der Waals surface area contributed by atoms with Crippen LogP contribution in [0.4, 0.5) is 5.69 Å². The molecule has 0 spiro atoms. The Morgan fingerprint density at radius 2 is 2.10 bits per heavy atom. The molecule has 0 amide bonds. The van der Waals surface area contributed by atoms with Crippen molar-refractivity contribution in [2.75, 3.05) is 13.1 Å². The number of hydrogen-bond donors (Lipinski definition) is 0. The summed E-state index contributed by atoms with van der Waals surface area (Å²) in [6, 6.07) is 3.60. The summed E-state index contributed by atoms with van der Waals surface area (Å²) >= 11 is 5.72. The number of hydrogen-bond acceptors (Lipinski definition) is 4. The van der Waals surface area contributed by atoms with Crippen molar-refractivity contribution in [1.29, 1.82) is 0 Å². The molecule has 1 saturated carbocycles. The van der Waals surface area contributed by atoms with Crippen molar-refractivity contribution in [3.63, 3.8) is 0 Å². The second kappa shape index (κ2) is 6.29. The molecule has 0 saturated heterocycles. The van der Waals surface area contributed by atoms with Gasteiger partial charge in [0.05, 0.1) is 9.82 Å². The van der Waals surface area contributed by atoms with Crippen molar-refractivity contribution in [3.05, 3.63) is 33.3 Å². The minimum atomic E-state index is -3.72. The molecule has 1 aromatic rings. The maximum atomic E-state index is 12.6. The first-order valence-corrected chi connectivity index (χ1v) is 8.62. The SMILES string of the molecule is CCN(CC1CCC1)S(=O)(=O)c1ccc(Cl)c([N+](=O)[O-])c1. The normalized spacial score (nSPS) is 16.0. The minimum absolute atomic E-state index is 0.0685. The Bertz CT molecular complexity index is 644. The van der Waals surface area contributed by atoms with E-state index in [1.807, 2.05) is 0 Å². The lowest BCUT2D eigenvalue weighted by molar-refractivity contribution is -0.384. The third kappa shape index (κ3) is 3.36. The molecule has 1 aliphatic rings. The van der Waals surface area contributed by atoms with Crippen LogP contribution in [0.2, 0.25) is 5.02 Å². The zero-order chi connectivity index (χ0) is 15.6. The van der Waals surface area contributed by atoms with Crippen LogP contribution >= 0.6 is 11.6 Å². The third-order valence-corrected chi connectivity index (χ3v) is 6.05. The van der Waals surface area contributed by atoms with E-state index in [0.717, 1.165) is 25.3 Å². The van der Waals surface area contributed by atoms with E-state index in [1.165, 1.54) is 16.4 Å². The molecule has 1 fully saturated rings. The fourth-order valence-corrected chi connectivity index (χ4v) is 4.03. The van der Waals surface area contributed by atoms with Gasteiger partial charge in [0.2, 0.25) is 10.0 Å². The van der Waals surface area contributed by atoms with Crippen molar-refractivity contribution in [2.45, 2.75) is 31.1 Å². The van der Waals surface area contributed by atoms with Gasteiger partial charge in [0.1, 0.15) is 5.02 Å². The Morgan fingerprint density at radius 1 is 1.43 bits per heavy atom. The topological polar surface area (TPSA) is 80.5 Å². The second-order valence-electron chi connectivity index (χ2n) is 5.12. The third-order valence-electron chi connectivity index (χ3n) is 3.79. The average molecular weight is 333 g/mol. The number of halogens is 1. The van der Waals surface area contributed by atoms with Crippen molar-refractivity contribution in [2.24, 2.45) is 5.92 Å². The predicted octanol–water partition coefficient (Wildman–Crippen LogP) is 3.06. The number of benzene rings is 1. The summed E-state index contributed by atoms with van der Waals surface area (Å²) in [6.45, 7) is 2.57. The molecule has 0 aromatic heterocycles. The van der Waals surface area contributed by atoms with Crippen molar-refractivity contribution in [3.8, 4) is 0 Å². The summed E-state index contributed by atoms with van der Waals surface area (Å²) in [5.41, 5.74) is -0.391. The smallest absolute Gasteiger partial charge is 0.258 e. The summed E-state index contributed by atoms with van der Waals surface area (Å²) in [5, 5.41) is 10.8. The molecule has 0 N–H and O–H groups in total. The highest BCUT2D eigenvalue weighted by atomic mass is 35.5. The van der Waals surface area contributed by atoms with Crippen LogP contribution in [0.25, 0.3) is 0 Å². The molecule has 0 unspecified atom stereocenters. The summed E-state index contributed by atoms with van der Waals surface area (Å²) in [6.07, 6.45) is 3.20. The number of sulfonamides is 1. The highest BCUT2D eigenvalue weighted by Gasteiger charge is 2.30.